The monoisotopic (exact) mass is 243 g/mol. The molecule has 0 saturated heterocycles. The van der Waals surface area contributed by atoms with Crippen LogP contribution >= 0.6 is 0 Å². The molecular formula is C16H9N3. The highest BCUT2D eigenvalue weighted by Gasteiger charge is 2.04. The van der Waals surface area contributed by atoms with E-state index in [4.69, 9.17) is 11.8 Å². The van der Waals surface area contributed by atoms with Crippen molar-refractivity contribution in [2.24, 2.45) is 0 Å². The van der Waals surface area contributed by atoms with Gasteiger partial charge in [0.25, 0.3) is 0 Å². The van der Waals surface area contributed by atoms with Crippen molar-refractivity contribution in [2.75, 3.05) is 0 Å². The van der Waals surface area contributed by atoms with E-state index in [0.29, 0.717) is 11.3 Å². The molecule has 1 aromatic heterocycles. The molecular weight excluding hydrogens is 234 g/mol. The maximum atomic E-state index is 8.79. The van der Waals surface area contributed by atoms with E-state index in [1.54, 1.807) is 18.2 Å². The fraction of sp³-hybridized carbons (Fsp3) is 0. The molecule has 0 aliphatic carbocycles. The van der Waals surface area contributed by atoms with Crippen LogP contribution in [0.5, 0.6) is 0 Å². The highest BCUT2D eigenvalue weighted by Crippen LogP contribution is 2.27. The molecule has 0 bridgehead atoms. The Morgan fingerprint density at radius 3 is 2.53 bits per heavy atom. The Morgan fingerprint density at radius 2 is 1.84 bits per heavy atom. The molecule has 0 radical (unpaired) electrons. The molecule has 0 aliphatic rings. The van der Waals surface area contributed by atoms with Crippen LogP contribution < -0.4 is 0 Å². The topological polar surface area (TPSA) is 43.9 Å². The summed E-state index contributed by atoms with van der Waals surface area (Å²) in [5.74, 6) is 0. The lowest BCUT2D eigenvalue weighted by Gasteiger charge is -1.96. The Hall–Kier alpha value is -3.04. The summed E-state index contributed by atoms with van der Waals surface area (Å²) in [6.07, 6.45) is 0. The van der Waals surface area contributed by atoms with Crippen LogP contribution in [0.2, 0.25) is 0 Å². The van der Waals surface area contributed by atoms with E-state index < -0.39 is 0 Å². The van der Waals surface area contributed by atoms with Crippen LogP contribution in [-0.2, 0) is 0 Å². The minimum Gasteiger partial charge on any atom is -0.355 e. The summed E-state index contributed by atoms with van der Waals surface area (Å²) < 4.78 is 0. The van der Waals surface area contributed by atoms with E-state index in [0.717, 1.165) is 22.2 Å². The van der Waals surface area contributed by atoms with E-state index in [9.17, 15) is 0 Å². The maximum absolute atomic E-state index is 8.79. The first-order valence-electron chi connectivity index (χ1n) is 5.81. The van der Waals surface area contributed by atoms with E-state index >= 15 is 0 Å². The molecule has 3 rings (SSSR count). The van der Waals surface area contributed by atoms with Gasteiger partial charge in [0.05, 0.1) is 18.2 Å². The van der Waals surface area contributed by atoms with E-state index in [2.05, 4.69) is 15.9 Å². The Labute approximate surface area is 110 Å². The second-order valence-corrected chi connectivity index (χ2v) is 4.26. The average Bonchev–Trinajstić information content (AvgIpc) is 2.90. The first kappa shape index (κ1) is 11.1. The van der Waals surface area contributed by atoms with E-state index in [1.807, 2.05) is 30.3 Å². The Balaban J connectivity index is 2.10. The molecule has 0 spiro atoms. The van der Waals surface area contributed by atoms with Crippen LogP contribution in [0, 0.1) is 17.9 Å². The zero-order chi connectivity index (χ0) is 13.2. The smallest absolute Gasteiger partial charge is 0.187 e. The number of nitrogens with zero attached hydrogens (tertiary/aromatic N) is 2. The minimum absolute atomic E-state index is 0.637. The predicted octanol–water partition coefficient (Wildman–Crippen LogP) is 4.26. The third kappa shape index (κ3) is 1.94. The van der Waals surface area contributed by atoms with Crippen molar-refractivity contribution in [3.05, 3.63) is 65.5 Å². The van der Waals surface area contributed by atoms with Gasteiger partial charge in [0.15, 0.2) is 5.69 Å². The van der Waals surface area contributed by atoms with Crippen LogP contribution in [0.3, 0.4) is 0 Å². The first-order valence-corrected chi connectivity index (χ1v) is 5.81. The number of rotatable bonds is 1. The molecule has 1 heterocycles. The van der Waals surface area contributed by atoms with Gasteiger partial charge in [0.2, 0.25) is 0 Å². The molecule has 2 aromatic carbocycles. The average molecular weight is 243 g/mol. The van der Waals surface area contributed by atoms with Gasteiger partial charge in [-0.15, -0.1) is 0 Å². The number of hydrogen-bond donors (Lipinski definition) is 1. The molecule has 0 unspecified atom stereocenters. The summed E-state index contributed by atoms with van der Waals surface area (Å²) >= 11 is 0. The third-order valence-corrected chi connectivity index (χ3v) is 3.06. The molecule has 0 atom stereocenters. The molecule has 3 aromatic rings. The molecule has 88 valence electrons. The number of aromatic nitrogens is 1. The standard InChI is InChI=1S/C16H9N3/c1-18-14-6-7-15-13(8-14)9-16(19-15)12-4-2-11(10-17)3-5-12/h2-9,19H. The van der Waals surface area contributed by atoms with Crippen molar-refractivity contribution < 1.29 is 0 Å². The second kappa shape index (κ2) is 4.33. The predicted molar refractivity (Wildman–Crippen MR) is 74.7 cm³/mol. The summed E-state index contributed by atoms with van der Waals surface area (Å²) in [6.45, 7) is 7.02. The lowest BCUT2D eigenvalue weighted by molar-refractivity contribution is 1.44. The van der Waals surface area contributed by atoms with Gasteiger partial charge < -0.3 is 4.98 Å². The molecule has 1 N–H and O–H groups in total. The summed E-state index contributed by atoms with van der Waals surface area (Å²) in [6, 6.07) is 17.1. The van der Waals surface area contributed by atoms with Crippen LogP contribution in [-0.4, -0.2) is 4.98 Å². The van der Waals surface area contributed by atoms with Gasteiger partial charge in [-0.1, -0.05) is 18.2 Å². The quantitative estimate of drug-likeness (QED) is 0.638. The van der Waals surface area contributed by atoms with Crippen LogP contribution in [0.1, 0.15) is 5.56 Å². The minimum atomic E-state index is 0.637. The Morgan fingerprint density at radius 1 is 1.05 bits per heavy atom. The van der Waals surface area contributed by atoms with Crippen LogP contribution in [0.4, 0.5) is 5.69 Å². The lowest BCUT2D eigenvalue weighted by atomic mass is 10.1. The van der Waals surface area contributed by atoms with Gasteiger partial charge in [-0.2, -0.15) is 5.26 Å². The largest absolute Gasteiger partial charge is 0.355 e. The fourth-order valence-electron chi connectivity index (χ4n) is 2.07. The number of fused-ring (bicyclic) bond motifs is 1. The summed E-state index contributed by atoms with van der Waals surface area (Å²) in [5, 5.41) is 9.81. The lowest BCUT2D eigenvalue weighted by Crippen LogP contribution is -1.78. The van der Waals surface area contributed by atoms with Gasteiger partial charge in [-0.05, 0) is 41.3 Å². The summed E-state index contributed by atoms with van der Waals surface area (Å²) in [5.41, 5.74) is 4.31. The van der Waals surface area contributed by atoms with Crippen LogP contribution in [0.15, 0.2) is 48.5 Å². The number of aromatic amines is 1. The maximum Gasteiger partial charge on any atom is 0.187 e. The second-order valence-electron chi connectivity index (χ2n) is 4.26. The SMILES string of the molecule is [C-]#[N+]c1ccc2[nH]c(-c3ccc(C#N)cc3)cc2c1. The van der Waals surface area contributed by atoms with Crippen molar-refractivity contribution in [1.29, 1.82) is 5.26 Å². The molecule has 0 saturated carbocycles. The molecule has 0 fully saturated rings. The van der Waals surface area contributed by atoms with Crippen LogP contribution in [0.25, 0.3) is 27.0 Å². The first-order chi connectivity index (χ1) is 9.30. The van der Waals surface area contributed by atoms with E-state index in [-0.39, 0.29) is 0 Å². The molecule has 0 aliphatic heterocycles. The third-order valence-electron chi connectivity index (χ3n) is 3.06. The van der Waals surface area contributed by atoms with E-state index in [1.165, 1.54) is 0 Å². The highest BCUT2D eigenvalue weighted by molar-refractivity contribution is 5.88. The van der Waals surface area contributed by atoms with Crippen molar-refractivity contribution in [3.8, 4) is 17.3 Å². The Bertz CT molecular complexity index is 827. The molecule has 0 amide bonds. The van der Waals surface area contributed by atoms with Crippen molar-refractivity contribution >= 4 is 16.6 Å². The molecule has 3 nitrogen and oxygen atoms in total. The number of H-pyrrole nitrogens is 1. The van der Waals surface area contributed by atoms with Crippen molar-refractivity contribution in [2.45, 2.75) is 0 Å². The van der Waals surface area contributed by atoms with Gasteiger partial charge in [0.1, 0.15) is 0 Å². The van der Waals surface area contributed by atoms with Crippen molar-refractivity contribution in [1.82, 2.24) is 4.98 Å². The van der Waals surface area contributed by atoms with Gasteiger partial charge in [0, 0.05) is 11.2 Å². The molecule has 19 heavy (non-hydrogen) atoms. The zero-order valence-corrected chi connectivity index (χ0v) is 10.0. The van der Waals surface area contributed by atoms with Crippen molar-refractivity contribution in [3.63, 3.8) is 0 Å². The van der Waals surface area contributed by atoms with Gasteiger partial charge >= 0.3 is 0 Å². The number of nitriles is 1. The number of benzene rings is 2. The summed E-state index contributed by atoms with van der Waals surface area (Å²) in [4.78, 5) is 6.74. The van der Waals surface area contributed by atoms with Gasteiger partial charge in [-0.3, -0.25) is 0 Å². The fourth-order valence-corrected chi connectivity index (χ4v) is 2.07. The normalized spacial score (nSPS) is 10.0. The number of nitrogens with one attached hydrogen (secondary N) is 1. The van der Waals surface area contributed by atoms with Gasteiger partial charge in [-0.25, -0.2) is 4.85 Å². The zero-order valence-electron chi connectivity index (χ0n) is 10.0. The molecule has 3 heteroatoms. The highest BCUT2D eigenvalue weighted by atomic mass is 14.7. The summed E-state index contributed by atoms with van der Waals surface area (Å²) in [7, 11) is 0. The number of hydrogen-bond acceptors (Lipinski definition) is 1. The Kier molecular flexibility index (Phi) is 2.52.